The van der Waals surface area contributed by atoms with Gasteiger partial charge in [-0.25, -0.2) is 0 Å². The highest BCUT2D eigenvalue weighted by atomic mass is 35.5. The molecule has 156 valence electrons. The van der Waals surface area contributed by atoms with Crippen LogP contribution in [0.15, 0.2) is 66.7 Å². The van der Waals surface area contributed by atoms with Crippen molar-refractivity contribution < 1.29 is 14.6 Å². The number of carbonyl (C=O) groups is 1. The summed E-state index contributed by atoms with van der Waals surface area (Å²) in [5.74, 6) is -1.10. The van der Waals surface area contributed by atoms with Crippen LogP contribution < -0.4 is 4.74 Å². The third kappa shape index (κ3) is 4.01. The molecule has 4 aromatic rings. The van der Waals surface area contributed by atoms with Gasteiger partial charge in [-0.05, 0) is 48.1 Å². The van der Waals surface area contributed by atoms with Crippen LogP contribution in [0.4, 0.5) is 0 Å². The number of nitrogens with zero attached hydrogens (tertiary/aromatic N) is 1. The monoisotopic (exact) mass is 432 g/mol. The number of ether oxygens (including phenoxy) is 1. The molecular weight excluding hydrogens is 412 g/mol. The Kier molecular flexibility index (Phi) is 5.12. The number of halogens is 1. The normalized spacial score (nSPS) is 18.4. The molecular formula is C25H21ClN2O3. The van der Waals surface area contributed by atoms with Crippen LogP contribution in [0.3, 0.4) is 0 Å². The second-order valence-electron chi connectivity index (χ2n) is 7.92. The summed E-state index contributed by atoms with van der Waals surface area (Å²) in [6.07, 6.45) is 1.72. The lowest BCUT2D eigenvalue weighted by Gasteiger charge is -2.09. The van der Waals surface area contributed by atoms with E-state index < -0.39 is 5.97 Å². The zero-order valence-electron chi connectivity index (χ0n) is 16.7. The molecule has 0 spiro atoms. The van der Waals surface area contributed by atoms with Crippen molar-refractivity contribution in [2.75, 3.05) is 0 Å². The summed E-state index contributed by atoms with van der Waals surface area (Å²) in [6.45, 7) is 0. The number of benzene rings is 3. The maximum absolute atomic E-state index is 11.2. The summed E-state index contributed by atoms with van der Waals surface area (Å²) in [6, 6.07) is 22.7. The molecule has 1 aromatic heterocycles. The van der Waals surface area contributed by atoms with E-state index in [1.165, 1.54) is 5.56 Å². The first-order chi connectivity index (χ1) is 15.1. The molecule has 2 unspecified atom stereocenters. The van der Waals surface area contributed by atoms with Gasteiger partial charge in [0.15, 0.2) is 0 Å². The van der Waals surface area contributed by atoms with Crippen LogP contribution in [0.2, 0.25) is 5.02 Å². The smallest absolute Gasteiger partial charge is 0.306 e. The molecule has 2 atom stereocenters. The highest BCUT2D eigenvalue weighted by Gasteiger charge is 2.31. The topological polar surface area (TPSA) is 75.2 Å². The maximum atomic E-state index is 11.2. The largest absolute Gasteiger partial charge is 0.481 e. The first kappa shape index (κ1) is 19.6. The van der Waals surface area contributed by atoms with Crippen LogP contribution >= 0.6 is 11.6 Å². The molecule has 0 aliphatic heterocycles. The fraction of sp³-hybridized carbons (Fsp3) is 0.200. The Labute approximate surface area is 184 Å². The van der Waals surface area contributed by atoms with Crippen molar-refractivity contribution in [3.05, 3.63) is 71.8 Å². The van der Waals surface area contributed by atoms with Crippen molar-refractivity contribution in [1.29, 1.82) is 0 Å². The van der Waals surface area contributed by atoms with Gasteiger partial charge in [0.2, 0.25) is 0 Å². The highest BCUT2D eigenvalue weighted by Crippen LogP contribution is 2.34. The lowest BCUT2D eigenvalue weighted by Crippen LogP contribution is -2.16. The predicted octanol–water partition coefficient (Wildman–Crippen LogP) is 6.18. The Hall–Kier alpha value is -3.31. The standard InChI is InChI=1S/C25H21ClN2O3/c26-21-14-23-22(27-25(28-23)31-19-11-10-18(12-19)24(29)30)13-20(21)17-8-6-16(7-9-17)15-4-2-1-3-5-15/h1-9,13-14,18-19H,10-12H2,(H,27,28)(H,29,30). The van der Waals surface area contributed by atoms with Gasteiger partial charge in [-0.15, -0.1) is 0 Å². The number of fused-ring (bicyclic) bond motifs is 1. The Bertz CT molecular complexity index is 1240. The minimum atomic E-state index is -0.759. The molecule has 5 nitrogen and oxygen atoms in total. The van der Waals surface area contributed by atoms with Crippen LogP contribution in [0, 0.1) is 5.92 Å². The van der Waals surface area contributed by atoms with Gasteiger partial charge in [-0.1, -0.05) is 66.2 Å². The van der Waals surface area contributed by atoms with Crippen molar-refractivity contribution in [3.63, 3.8) is 0 Å². The van der Waals surface area contributed by atoms with Crippen molar-refractivity contribution in [1.82, 2.24) is 9.97 Å². The third-order valence-corrected chi connectivity index (χ3v) is 6.18. The van der Waals surface area contributed by atoms with Crippen molar-refractivity contribution >= 4 is 28.6 Å². The number of nitrogens with one attached hydrogen (secondary N) is 1. The number of imidazole rings is 1. The lowest BCUT2D eigenvalue weighted by atomic mass is 10.00. The van der Waals surface area contributed by atoms with Crippen LogP contribution in [0.25, 0.3) is 33.3 Å². The van der Waals surface area contributed by atoms with E-state index >= 15 is 0 Å². The number of carboxylic acids is 1. The molecule has 0 saturated heterocycles. The molecule has 1 saturated carbocycles. The number of hydrogen-bond acceptors (Lipinski definition) is 3. The van der Waals surface area contributed by atoms with Gasteiger partial charge in [0.05, 0.1) is 22.0 Å². The second kappa shape index (κ2) is 8.08. The van der Waals surface area contributed by atoms with Crippen molar-refractivity contribution in [2.45, 2.75) is 25.4 Å². The molecule has 3 aromatic carbocycles. The minimum absolute atomic E-state index is 0.137. The number of aliphatic carboxylic acids is 1. The Morgan fingerprint density at radius 2 is 1.71 bits per heavy atom. The molecule has 1 aliphatic carbocycles. The number of H-pyrrole nitrogens is 1. The molecule has 2 N–H and O–H groups in total. The third-order valence-electron chi connectivity index (χ3n) is 5.86. The van der Waals surface area contributed by atoms with E-state index in [1.807, 2.05) is 30.3 Å². The van der Waals surface area contributed by atoms with E-state index in [-0.39, 0.29) is 12.0 Å². The summed E-state index contributed by atoms with van der Waals surface area (Å²) < 4.78 is 5.92. The van der Waals surface area contributed by atoms with E-state index in [9.17, 15) is 4.79 Å². The average molecular weight is 433 g/mol. The van der Waals surface area contributed by atoms with E-state index in [0.29, 0.717) is 30.3 Å². The Morgan fingerprint density at radius 3 is 2.42 bits per heavy atom. The number of carboxylic acid groups (broad SMARTS) is 1. The van der Waals surface area contributed by atoms with Crippen LogP contribution in [0.1, 0.15) is 19.3 Å². The molecule has 6 heteroatoms. The van der Waals surface area contributed by atoms with Crippen molar-refractivity contribution in [2.24, 2.45) is 5.92 Å². The first-order valence-electron chi connectivity index (χ1n) is 10.3. The van der Waals surface area contributed by atoms with Gasteiger partial charge < -0.3 is 14.8 Å². The second-order valence-corrected chi connectivity index (χ2v) is 8.33. The van der Waals surface area contributed by atoms with Crippen LogP contribution in [-0.2, 0) is 4.79 Å². The predicted molar refractivity (Wildman–Crippen MR) is 121 cm³/mol. The van der Waals surface area contributed by atoms with Crippen LogP contribution in [-0.4, -0.2) is 27.1 Å². The van der Waals surface area contributed by atoms with Gasteiger partial charge in [0.25, 0.3) is 6.01 Å². The summed E-state index contributed by atoms with van der Waals surface area (Å²) in [7, 11) is 0. The molecule has 1 heterocycles. The molecule has 0 amide bonds. The summed E-state index contributed by atoms with van der Waals surface area (Å²) >= 11 is 6.57. The Balaban J connectivity index is 1.39. The van der Waals surface area contributed by atoms with Gasteiger partial charge in [0.1, 0.15) is 6.10 Å². The highest BCUT2D eigenvalue weighted by molar-refractivity contribution is 6.34. The SMILES string of the molecule is O=C(O)C1CCC(Oc2nc3cc(-c4ccc(-c5ccccc5)cc4)c(Cl)cc3[nH]2)C1. The van der Waals surface area contributed by atoms with Crippen LogP contribution in [0.5, 0.6) is 6.01 Å². The summed E-state index contributed by atoms with van der Waals surface area (Å²) in [5.41, 5.74) is 5.78. The molecule has 1 fully saturated rings. The van der Waals surface area contributed by atoms with Crippen molar-refractivity contribution in [3.8, 4) is 28.3 Å². The number of aromatic nitrogens is 2. The quantitative estimate of drug-likeness (QED) is 0.394. The van der Waals surface area contributed by atoms with Gasteiger partial charge in [-0.2, -0.15) is 4.98 Å². The number of hydrogen-bond donors (Lipinski definition) is 2. The van der Waals surface area contributed by atoms with Gasteiger partial charge in [0, 0.05) is 5.56 Å². The van der Waals surface area contributed by atoms with E-state index in [1.54, 1.807) is 0 Å². The average Bonchev–Trinajstić information content (AvgIpc) is 3.40. The van der Waals surface area contributed by atoms with Gasteiger partial charge in [-0.3, -0.25) is 4.79 Å². The molecule has 0 bridgehead atoms. The number of rotatable bonds is 5. The fourth-order valence-electron chi connectivity index (χ4n) is 4.19. The summed E-state index contributed by atoms with van der Waals surface area (Å²) in [5, 5.41) is 9.80. The van der Waals surface area contributed by atoms with E-state index in [4.69, 9.17) is 21.4 Å². The van der Waals surface area contributed by atoms with E-state index in [2.05, 4.69) is 46.4 Å². The van der Waals surface area contributed by atoms with E-state index in [0.717, 1.165) is 27.7 Å². The molecule has 31 heavy (non-hydrogen) atoms. The molecule has 5 rings (SSSR count). The Morgan fingerprint density at radius 1 is 1.00 bits per heavy atom. The summed E-state index contributed by atoms with van der Waals surface area (Å²) in [4.78, 5) is 18.9. The first-order valence-corrected chi connectivity index (χ1v) is 10.7. The van der Waals surface area contributed by atoms with Gasteiger partial charge >= 0.3 is 5.97 Å². The zero-order valence-corrected chi connectivity index (χ0v) is 17.5. The number of aromatic amines is 1. The fourth-order valence-corrected chi connectivity index (χ4v) is 4.46. The maximum Gasteiger partial charge on any atom is 0.306 e. The lowest BCUT2D eigenvalue weighted by molar-refractivity contribution is -0.141. The zero-order chi connectivity index (χ0) is 21.4. The molecule has 1 aliphatic rings. The molecule has 0 radical (unpaired) electrons. The minimum Gasteiger partial charge on any atom is -0.481 e.